The van der Waals surface area contributed by atoms with Gasteiger partial charge in [0.2, 0.25) is 5.91 Å². The lowest BCUT2D eigenvalue weighted by Crippen LogP contribution is -2.49. The van der Waals surface area contributed by atoms with Gasteiger partial charge in [-0.05, 0) is 25.2 Å². The fourth-order valence-electron chi connectivity index (χ4n) is 2.23. The molecule has 0 aromatic carbocycles. The molecule has 1 rings (SSSR count). The zero-order valence-corrected chi connectivity index (χ0v) is 9.68. The number of hydrogen-bond donors (Lipinski definition) is 2. The van der Waals surface area contributed by atoms with Gasteiger partial charge in [-0.25, -0.2) is 0 Å². The van der Waals surface area contributed by atoms with E-state index in [9.17, 15) is 4.79 Å². The first-order chi connectivity index (χ1) is 6.47. The molecule has 0 heterocycles. The number of amides is 1. The highest BCUT2D eigenvalue weighted by Crippen LogP contribution is 2.37. The number of carbonyl (C=O) groups is 1. The summed E-state index contributed by atoms with van der Waals surface area (Å²) < 4.78 is 0. The minimum atomic E-state index is -0.0811. The van der Waals surface area contributed by atoms with Gasteiger partial charge in [-0.1, -0.05) is 20.3 Å². The third kappa shape index (κ3) is 2.47. The number of carbonyl (C=O) groups excluding carboxylic acids is 1. The molecule has 0 radical (unpaired) electrons. The van der Waals surface area contributed by atoms with Crippen molar-refractivity contribution in [2.45, 2.75) is 52.1 Å². The molecule has 1 unspecified atom stereocenters. The fourth-order valence-corrected chi connectivity index (χ4v) is 2.23. The van der Waals surface area contributed by atoms with E-state index in [1.165, 1.54) is 19.3 Å². The lowest BCUT2D eigenvalue weighted by Gasteiger charge is -2.30. The molecule has 1 aliphatic rings. The summed E-state index contributed by atoms with van der Waals surface area (Å²) >= 11 is 0. The molecular formula is C11H22N2O. The van der Waals surface area contributed by atoms with E-state index in [1.807, 2.05) is 6.92 Å². The van der Waals surface area contributed by atoms with Gasteiger partial charge in [0.05, 0.1) is 6.04 Å². The van der Waals surface area contributed by atoms with Crippen LogP contribution in [0.4, 0.5) is 0 Å². The van der Waals surface area contributed by atoms with Crippen molar-refractivity contribution < 1.29 is 4.79 Å². The van der Waals surface area contributed by atoms with Crippen LogP contribution in [-0.2, 0) is 4.79 Å². The molecule has 3 nitrogen and oxygen atoms in total. The van der Waals surface area contributed by atoms with Crippen molar-refractivity contribution in [1.82, 2.24) is 10.6 Å². The largest absolute Gasteiger partial charge is 0.358 e. The van der Waals surface area contributed by atoms with E-state index in [0.717, 1.165) is 0 Å². The quantitative estimate of drug-likeness (QED) is 0.717. The van der Waals surface area contributed by atoms with Crippen LogP contribution < -0.4 is 10.6 Å². The van der Waals surface area contributed by atoms with Crippen LogP contribution in [0.5, 0.6) is 0 Å². The minimum Gasteiger partial charge on any atom is -0.358 e. The van der Waals surface area contributed by atoms with Crippen molar-refractivity contribution in [3.63, 3.8) is 0 Å². The van der Waals surface area contributed by atoms with Gasteiger partial charge < -0.3 is 10.6 Å². The molecule has 0 aromatic heterocycles. The van der Waals surface area contributed by atoms with Crippen LogP contribution >= 0.6 is 0 Å². The van der Waals surface area contributed by atoms with Crippen LogP contribution in [0.1, 0.15) is 40.0 Å². The van der Waals surface area contributed by atoms with Crippen molar-refractivity contribution >= 4 is 5.91 Å². The van der Waals surface area contributed by atoms with Crippen molar-refractivity contribution in [2.24, 2.45) is 5.41 Å². The lowest BCUT2D eigenvalue weighted by atomic mass is 9.87. The van der Waals surface area contributed by atoms with Gasteiger partial charge in [0, 0.05) is 13.1 Å². The Kier molecular flexibility index (Phi) is 3.53. The molecule has 3 heteroatoms. The molecule has 1 fully saturated rings. The summed E-state index contributed by atoms with van der Waals surface area (Å²) in [7, 11) is 1.68. The fraction of sp³-hybridized carbons (Fsp3) is 0.909. The van der Waals surface area contributed by atoms with Crippen molar-refractivity contribution in [1.29, 1.82) is 0 Å². The third-order valence-electron chi connectivity index (χ3n) is 3.35. The van der Waals surface area contributed by atoms with Crippen molar-refractivity contribution in [3.8, 4) is 0 Å². The van der Waals surface area contributed by atoms with Gasteiger partial charge in [0.15, 0.2) is 0 Å². The van der Waals surface area contributed by atoms with E-state index in [0.29, 0.717) is 11.5 Å². The molecule has 1 aliphatic carbocycles. The zero-order valence-electron chi connectivity index (χ0n) is 9.68. The second-order valence-electron chi connectivity index (χ2n) is 4.94. The Balaban J connectivity index is 2.48. The highest BCUT2D eigenvalue weighted by atomic mass is 16.2. The molecule has 0 aromatic rings. The van der Waals surface area contributed by atoms with E-state index < -0.39 is 0 Å². The molecule has 82 valence electrons. The number of nitrogens with one attached hydrogen (secondary N) is 2. The summed E-state index contributed by atoms with van der Waals surface area (Å²) in [6.07, 6.45) is 3.71. The molecule has 0 bridgehead atoms. The standard InChI is InChI=1S/C11H22N2O/c1-8(10(14)12-4)13-9-6-5-7-11(9,2)3/h8-9,13H,5-7H2,1-4H3,(H,12,14)/t8-,9?/m0/s1. The average Bonchev–Trinajstić information content (AvgIpc) is 2.44. The molecule has 1 amide bonds. The Bertz CT molecular complexity index is 213. The SMILES string of the molecule is CNC(=O)[C@H](C)NC1CCCC1(C)C. The van der Waals surface area contributed by atoms with Crippen LogP contribution in [0, 0.1) is 5.41 Å². The van der Waals surface area contributed by atoms with Crippen LogP contribution in [0.25, 0.3) is 0 Å². The Morgan fingerprint density at radius 1 is 1.50 bits per heavy atom. The molecule has 0 saturated heterocycles. The number of hydrogen-bond acceptors (Lipinski definition) is 2. The van der Waals surface area contributed by atoms with Crippen LogP contribution in [0.15, 0.2) is 0 Å². The molecule has 0 aliphatic heterocycles. The Hall–Kier alpha value is -0.570. The van der Waals surface area contributed by atoms with Gasteiger partial charge in [-0.3, -0.25) is 4.79 Å². The topological polar surface area (TPSA) is 41.1 Å². The van der Waals surface area contributed by atoms with Gasteiger partial charge in [0.25, 0.3) is 0 Å². The highest BCUT2D eigenvalue weighted by Gasteiger charge is 2.35. The van der Waals surface area contributed by atoms with E-state index in [-0.39, 0.29) is 11.9 Å². The maximum atomic E-state index is 11.3. The maximum absolute atomic E-state index is 11.3. The van der Waals surface area contributed by atoms with E-state index in [1.54, 1.807) is 7.05 Å². The Morgan fingerprint density at radius 2 is 2.14 bits per heavy atom. The third-order valence-corrected chi connectivity index (χ3v) is 3.35. The number of likely N-dealkylation sites (N-methyl/N-ethyl adjacent to an activating group) is 1. The van der Waals surface area contributed by atoms with Crippen molar-refractivity contribution in [3.05, 3.63) is 0 Å². The number of rotatable bonds is 3. The predicted octanol–water partition coefficient (Wildman–Crippen LogP) is 1.29. The smallest absolute Gasteiger partial charge is 0.236 e. The molecular weight excluding hydrogens is 176 g/mol. The van der Waals surface area contributed by atoms with Gasteiger partial charge in [-0.15, -0.1) is 0 Å². The first-order valence-electron chi connectivity index (χ1n) is 5.45. The molecule has 0 spiro atoms. The minimum absolute atomic E-state index is 0.0766. The Labute approximate surface area is 86.6 Å². The van der Waals surface area contributed by atoms with Gasteiger partial charge in [-0.2, -0.15) is 0 Å². The van der Waals surface area contributed by atoms with Crippen LogP contribution in [0.3, 0.4) is 0 Å². The van der Waals surface area contributed by atoms with Crippen LogP contribution in [0.2, 0.25) is 0 Å². The predicted molar refractivity (Wildman–Crippen MR) is 58.1 cm³/mol. The monoisotopic (exact) mass is 198 g/mol. The normalized spacial score (nSPS) is 27.3. The first-order valence-corrected chi connectivity index (χ1v) is 5.45. The molecule has 14 heavy (non-hydrogen) atoms. The van der Waals surface area contributed by atoms with Gasteiger partial charge in [0.1, 0.15) is 0 Å². The second-order valence-corrected chi connectivity index (χ2v) is 4.94. The summed E-state index contributed by atoms with van der Waals surface area (Å²) in [4.78, 5) is 11.3. The van der Waals surface area contributed by atoms with E-state index in [4.69, 9.17) is 0 Å². The summed E-state index contributed by atoms with van der Waals surface area (Å²) in [6, 6.07) is 0.400. The molecule has 2 atom stereocenters. The summed E-state index contributed by atoms with van der Waals surface area (Å²) in [5.41, 5.74) is 0.336. The molecule has 1 saturated carbocycles. The summed E-state index contributed by atoms with van der Waals surface area (Å²) in [5.74, 6) is 0.0766. The van der Waals surface area contributed by atoms with E-state index >= 15 is 0 Å². The summed E-state index contributed by atoms with van der Waals surface area (Å²) in [5, 5.41) is 6.07. The van der Waals surface area contributed by atoms with Crippen molar-refractivity contribution in [2.75, 3.05) is 7.05 Å². The van der Waals surface area contributed by atoms with Gasteiger partial charge >= 0.3 is 0 Å². The molecule has 2 N–H and O–H groups in total. The average molecular weight is 198 g/mol. The van der Waals surface area contributed by atoms with Crippen LogP contribution in [-0.4, -0.2) is 25.0 Å². The summed E-state index contributed by atoms with van der Waals surface area (Å²) in [6.45, 7) is 6.47. The maximum Gasteiger partial charge on any atom is 0.236 e. The lowest BCUT2D eigenvalue weighted by molar-refractivity contribution is -0.122. The zero-order chi connectivity index (χ0) is 10.8. The first kappa shape index (κ1) is 11.5. The Morgan fingerprint density at radius 3 is 2.57 bits per heavy atom. The highest BCUT2D eigenvalue weighted by molar-refractivity contribution is 5.80. The second kappa shape index (κ2) is 4.30. The van der Waals surface area contributed by atoms with E-state index in [2.05, 4.69) is 24.5 Å².